The minimum absolute atomic E-state index is 0.0299. The molecule has 0 amide bonds. The lowest BCUT2D eigenvalue weighted by molar-refractivity contribution is 0.739. The fourth-order valence-corrected chi connectivity index (χ4v) is 3.56. The number of hydrogen-bond acceptors (Lipinski definition) is 2. The Kier molecular flexibility index (Phi) is 2.99. The largest absolute Gasteiger partial charge is 0.399 e. The molecule has 4 rings (SSSR count). The Hall–Kier alpha value is -1.91. The van der Waals surface area contributed by atoms with Crippen molar-refractivity contribution in [3.63, 3.8) is 0 Å². The number of hydrogen-bond donors (Lipinski definition) is 1. The average Bonchev–Trinajstić information content (AvgIpc) is 3.19. The van der Waals surface area contributed by atoms with Gasteiger partial charge in [-0.25, -0.2) is 0 Å². The Bertz CT molecular complexity index is 931. The van der Waals surface area contributed by atoms with E-state index in [1.165, 1.54) is 0 Å². The van der Waals surface area contributed by atoms with Crippen molar-refractivity contribution in [2.75, 3.05) is 5.73 Å². The van der Waals surface area contributed by atoms with Crippen LogP contribution in [-0.4, -0.2) is 9.13 Å². The molecule has 0 radical (unpaired) electrons. The normalized spacial score (nSPS) is 14.6. The van der Waals surface area contributed by atoms with Gasteiger partial charge in [0.15, 0.2) is 0 Å². The predicted octanol–water partition coefficient (Wildman–Crippen LogP) is 4.02. The molecule has 112 valence electrons. The number of nitrogens with two attached hydrogens (primary N) is 1. The molecule has 0 bridgehead atoms. The van der Waals surface area contributed by atoms with Crippen LogP contribution >= 0.6 is 23.2 Å². The summed E-state index contributed by atoms with van der Waals surface area (Å²) in [6.07, 6.45) is 3.98. The van der Waals surface area contributed by atoms with Gasteiger partial charge in [-0.1, -0.05) is 23.2 Å². The molecule has 1 fully saturated rings. The molecule has 2 aromatic heterocycles. The van der Waals surface area contributed by atoms with Crippen molar-refractivity contribution in [1.29, 1.82) is 0 Å². The lowest BCUT2D eigenvalue weighted by Crippen LogP contribution is -2.17. The molecular weight excluding hydrogens is 321 g/mol. The highest BCUT2D eigenvalue weighted by molar-refractivity contribution is 6.38. The third-order valence-electron chi connectivity index (χ3n) is 3.98. The van der Waals surface area contributed by atoms with Crippen LogP contribution < -0.4 is 11.3 Å². The molecule has 1 aliphatic carbocycles. The van der Waals surface area contributed by atoms with Crippen molar-refractivity contribution in [2.24, 2.45) is 0 Å². The van der Waals surface area contributed by atoms with Crippen LogP contribution in [0.5, 0.6) is 0 Å². The second-order valence-corrected chi connectivity index (χ2v) is 6.38. The standard InChI is InChI=1S/C16H13Cl2N3O/c17-11-7-9(19)8-12(18)16(11)20-6-5-14-13(20)3-4-15(22)21(14)10-1-2-10/h3-8,10H,1-2,19H2. The first-order chi connectivity index (χ1) is 10.6. The van der Waals surface area contributed by atoms with Gasteiger partial charge in [-0.2, -0.15) is 0 Å². The van der Waals surface area contributed by atoms with Gasteiger partial charge < -0.3 is 14.9 Å². The van der Waals surface area contributed by atoms with Crippen molar-refractivity contribution in [2.45, 2.75) is 18.9 Å². The van der Waals surface area contributed by atoms with Crippen molar-refractivity contribution in [1.82, 2.24) is 9.13 Å². The minimum atomic E-state index is 0.0299. The SMILES string of the molecule is Nc1cc(Cl)c(-n2ccc3c2ccc(=O)n3C2CC2)c(Cl)c1. The van der Waals surface area contributed by atoms with Crippen molar-refractivity contribution in [3.05, 3.63) is 56.9 Å². The molecule has 0 atom stereocenters. The number of anilines is 1. The maximum absolute atomic E-state index is 12.1. The summed E-state index contributed by atoms with van der Waals surface area (Å²) in [7, 11) is 0. The third kappa shape index (κ3) is 2.02. The van der Waals surface area contributed by atoms with E-state index in [1.54, 1.807) is 24.3 Å². The van der Waals surface area contributed by atoms with Gasteiger partial charge in [-0.15, -0.1) is 0 Å². The van der Waals surface area contributed by atoms with Crippen molar-refractivity contribution >= 4 is 39.9 Å². The maximum atomic E-state index is 12.1. The molecule has 2 heterocycles. The number of pyridine rings is 1. The van der Waals surface area contributed by atoms with Crippen LogP contribution in [0, 0.1) is 0 Å². The molecule has 22 heavy (non-hydrogen) atoms. The van der Waals surface area contributed by atoms with Gasteiger partial charge in [0.1, 0.15) is 0 Å². The number of nitrogen functional groups attached to an aromatic ring is 1. The zero-order valence-corrected chi connectivity index (χ0v) is 13.1. The first-order valence-electron chi connectivity index (χ1n) is 7.04. The summed E-state index contributed by atoms with van der Waals surface area (Å²) >= 11 is 12.6. The lowest BCUT2D eigenvalue weighted by atomic mass is 10.2. The molecule has 0 saturated heterocycles. The summed E-state index contributed by atoms with van der Waals surface area (Å²) in [5.41, 5.74) is 8.79. The number of nitrogens with zero attached hydrogens (tertiary/aromatic N) is 2. The summed E-state index contributed by atoms with van der Waals surface area (Å²) in [4.78, 5) is 12.1. The monoisotopic (exact) mass is 333 g/mol. The van der Waals surface area contributed by atoms with Crippen LogP contribution in [-0.2, 0) is 0 Å². The summed E-state index contributed by atoms with van der Waals surface area (Å²) in [5, 5.41) is 0.957. The molecule has 1 aromatic carbocycles. The second kappa shape index (κ2) is 4.80. The van der Waals surface area contributed by atoms with Crippen LogP contribution in [0.25, 0.3) is 16.7 Å². The molecule has 1 aliphatic rings. The zero-order valence-electron chi connectivity index (χ0n) is 11.6. The van der Waals surface area contributed by atoms with Crippen LogP contribution in [0.15, 0.2) is 41.3 Å². The highest BCUT2D eigenvalue weighted by Gasteiger charge is 2.26. The number of aromatic nitrogens is 2. The average molecular weight is 334 g/mol. The Labute approximate surface area is 136 Å². The first kappa shape index (κ1) is 13.7. The first-order valence-corrected chi connectivity index (χ1v) is 7.79. The van der Waals surface area contributed by atoms with E-state index in [2.05, 4.69) is 0 Å². The van der Waals surface area contributed by atoms with Crippen molar-refractivity contribution in [3.8, 4) is 5.69 Å². The van der Waals surface area contributed by atoms with Crippen LogP contribution in [0.4, 0.5) is 5.69 Å². The van der Waals surface area contributed by atoms with Gasteiger partial charge in [-0.05, 0) is 37.1 Å². The molecular formula is C16H13Cl2N3O. The number of halogens is 2. The van der Waals surface area contributed by atoms with E-state index < -0.39 is 0 Å². The van der Waals surface area contributed by atoms with Crippen LogP contribution in [0.1, 0.15) is 18.9 Å². The van der Waals surface area contributed by atoms with E-state index in [4.69, 9.17) is 28.9 Å². The molecule has 4 nitrogen and oxygen atoms in total. The number of fused-ring (bicyclic) bond motifs is 1. The van der Waals surface area contributed by atoms with Gasteiger partial charge in [0.25, 0.3) is 5.56 Å². The van der Waals surface area contributed by atoms with Gasteiger partial charge in [0.05, 0.1) is 26.8 Å². The molecule has 6 heteroatoms. The minimum Gasteiger partial charge on any atom is -0.399 e. The van der Waals surface area contributed by atoms with Gasteiger partial charge >= 0.3 is 0 Å². The summed E-state index contributed by atoms with van der Waals surface area (Å²) in [6.45, 7) is 0. The molecule has 2 N–H and O–H groups in total. The van der Waals surface area contributed by atoms with E-state index in [1.807, 2.05) is 21.4 Å². The van der Waals surface area contributed by atoms with Gasteiger partial charge in [0, 0.05) is 24.0 Å². The maximum Gasteiger partial charge on any atom is 0.251 e. The Balaban J connectivity index is 2.02. The Morgan fingerprint density at radius 3 is 2.36 bits per heavy atom. The van der Waals surface area contributed by atoms with E-state index in [0.29, 0.717) is 27.5 Å². The third-order valence-corrected chi connectivity index (χ3v) is 4.55. The van der Waals surface area contributed by atoms with Gasteiger partial charge in [0.2, 0.25) is 0 Å². The molecule has 0 unspecified atom stereocenters. The second-order valence-electron chi connectivity index (χ2n) is 5.56. The summed E-state index contributed by atoms with van der Waals surface area (Å²) in [6, 6.07) is 8.98. The van der Waals surface area contributed by atoms with Gasteiger partial charge in [-0.3, -0.25) is 4.79 Å². The Morgan fingerprint density at radius 1 is 1.05 bits per heavy atom. The van der Waals surface area contributed by atoms with E-state index in [-0.39, 0.29) is 5.56 Å². The highest BCUT2D eigenvalue weighted by atomic mass is 35.5. The lowest BCUT2D eigenvalue weighted by Gasteiger charge is -2.12. The van der Waals surface area contributed by atoms with Crippen molar-refractivity contribution < 1.29 is 0 Å². The summed E-state index contributed by atoms with van der Waals surface area (Å²) < 4.78 is 3.75. The molecule has 0 spiro atoms. The fourth-order valence-electron chi connectivity index (χ4n) is 2.87. The zero-order chi connectivity index (χ0) is 15.4. The molecule has 3 aromatic rings. The smallest absolute Gasteiger partial charge is 0.251 e. The predicted molar refractivity (Wildman–Crippen MR) is 90.2 cm³/mol. The number of rotatable bonds is 2. The number of benzene rings is 1. The molecule has 1 saturated carbocycles. The van der Waals surface area contributed by atoms with Crippen LogP contribution in [0.3, 0.4) is 0 Å². The fraction of sp³-hybridized carbons (Fsp3) is 0.188. The van der Waals surface area contributed by atoms with E-state index in [9.17, 15) is 4.79 Å². The topological polar surface area (TPSA) is 52.9 Å². The van der Waals surface area contributed by atoms with E-state index >= 15 is 0 Å². The highest BCUT2D eigenvalue weighted by Crippen LogP contribution is 2.38. The van der Waals surface area contributed by atoms with E-state index in [0.717, 1.165) is 23.9 Å². The quantitative estimate of drug-likeness (QED) is 0.720. The Morgan fingerprint density at radius 2 is 1.73 bits per heavy atom. The summed E-state index contributed by atoms with van der Waals surface area (Å²) in [5.74, 6) is 0. The molecule has 0 aliphatic heterocycles. The van der Waals surface area contributed by atoms with Crippen LogP contribution in [0.2, 0.25) is 10.0 Å².